The number of nitrogen functional groups attached to an aromatic ring is 1. The molecule has 9 heteroatoms. The van der Waals surface area contributed by atoms with E-state index in [-0.39, 0.29) is 6.61 Å². The first-order valence-electron chi connectivity index (χ1n) is 7.86. The summed E-state index contributed by atoms with van der Waals surface area (Å²) in [6, 6.07) is 7.07. The molecule has 0 unspecified atom stereocenters. The van der Waals surface area contributed by atoms with E-state index in [9.17, 15) is 9.59 Å². The number of benzene rings is 1. The number of carboxylic acids is 1. The molecule has 0 saturated carbocycles. The Morgan fingerprint density at radius 1 is 1.04 bits per heavy atom. The fourth-order valence-corrected chi connectivity index (χ4v) is 2.44. The normalized spacial score (nSPS) is 10.4. The van der Waals surface area contributed by atoms with Crippen molar-refractivity contribution in [3.8, 4) is 22.4 Å². The number of aliphatic carboxylic acids is 1. The number of carbonyl (C=O) groups is 2. The zero-order valence-corrected chi connectivity index (χ0v) is 14.1. The SMILES string of the molecule is Nc1cc(-c2ccc(-c3cncnc3)cc2COC(=O)CC(=O)O)ncn1. The molecule has 0 radical (unpaired) electrons. The number of nitrogens with two attached hydrogens (primary N) is 1. The number of hydrogen-bond donors (Lipinski definition) is 2. The fraction of sp³-hybridized carbons (Fsp3) is 0.111. The van der Waals surface area contributed by atoms with Crippen molar-refractivity contribution < 1.29 is 19.4 Å². The average Bonchev–Trinajstić information content (AvgIpc) is 2.66. The summed E-state index contributed by atoms with van der Waals surface area (Å²) < 4.78 is 5.10. The van der Waals surface area contributed by atoms with E-state index in [1.165, 1.54) is 12.7 Å². The van der Waals surface area contributed by atoms with Gasteiger partial charge in [-0.2, -0.15) is 0 Å². The van der Waals surface area contributed by atoms with Crippen molar-refractivity contribution in [2.45, 2.75) is 13.0 Å². The summed E-state index contributed by atoms with van der Waals surface area (Å²) in [6.45, 7) is -0.118. The summed E-state index contributed by atoms with van der Waals surface area (Å²) >= 11 is 0. The molecule has 0 aliphatic heterocycles. The number of hydrogen-bond acceptors (Lipinski definition) is 8. The molecule has 3 rings (SSSR count). The van der Waals surface area contributed by atoms with Gasteiger partial charge in [-0.1, -0.05) is 12.1 Å². The Labute approximate surface area is 153 Å². The number of aromatic nitrogens is 4. The highest BCUT2D eigenvalue weighted by Crippen LogP contribution is 2.28. The summed E-state index contributed by atoms with van der Waals surface area (Å²) in [5, 5.41) is 8.69. The number of esters is 1. The van der Waals surface area contributed by atoms with Crippen LogP contribution in [-0.2, 0) is 20.9 Å². The van der Waals surface area contributed by atoms with Crippen LogP contribution < -0.4 is 5.73 Å². The maximum absolute atomic E-state index is 11.6. The molecule has 3 aromatic rings. The minimum Gasteiger partial charge on any atom is -0.481 e. The molecule has 136 valence electrons. The lowest BCUT2D eigenvalue weighted by atomic mass is 9.99. The molecule has 0 spiro atoms. The Hall–Kier alpha value is -3.88. The van der Waals surface area contributed by atoms with E-state index in [1.807, 2.05) is 12.1 Å². The highest BCUT2D eigenvalue weighted by atomic mass is 16.5. The van der Waals surface area contributed by atoms with Gasteiger partial charge in [-0.25, -0.2) is 19.9 Å². The number of carbonyl (C=O) groups excluding carboxylic acids is 1. The quantitative estimate of drug-likeness (QED) is 0.493. The molecule has 1 aromatic carbocycles. The van der Waals surface area contributed by atoms with Crippen molar-refractivity contribution in [3.63, 3.8) is 0 Å². The molecule has 2 aromatic heterocycles. The van der Waals surface area contributed by atoms with Crippen molar-refractivity contribution in [3.05, 3.63) is 54.9 Å². The van der Waals surface area contributed by atoms with Crippen LogP contribution in [0.25, 0.3) is 22.4 Å². The second-order valence-corrected chi connectivity index (χ2v) is 5.56. The molecule has 0 aliphatic rings. The Bertz CT molecular complexity index is 978. The van der Waals surface area contributed by atoms with Crippen LogP contribution in [0.3, 0.4) is 0 Å². The van der Waals surface area contributed by atoms with Crippen molar-refractivity contribution in [1.29, 1.82) is 0 Å². The van der Waals surface area contributed by atoms with Gasteiger partial charge >= 0.3 is 11.9 Å². The lowest BCUT2D eigenvalue weighted by Gasteiger charge is -2.12. The van der Waals surface area contributed by atoms with Gasteiger partial charge in [0, 0.05) is 29.6 Å². The second kappa shape index (κ2) is 8.00. The molecule has 0 aliphatic carbocycles. The molecule has 0 fully saturated rings. The van der Waals surface area contributed by atoms with Crippen molar-refractivity contribution in [1.82, 2.24) is 19.9 Å². The first-order valence-corrected chi connectivity index (χ1v) is 7.86. The predicted molar refractivity (Wildman–Crippen MR) is 95.0 cm³/mol. The monoisotopic (exact) mass is 365 g/mol. The largest absolute Gasteiger partial charge is 0.481 e. The van der Waals surface area contributed by atoms with E-state index in [0.717, 1.165) is 11.1 Å². The van der Waals surface area contributed by atoms with E-state index >= 15 is 0 Å². The number of ether oxygens (including phenoxy) is 1. The van der Waals surface area contributed by atoms with E-state index in [1.54, 1.807) is 24.5 Å². The van der Waals surface area contributed by atoms with Gasteiger partial charge in [-0.15, -0.1) is 0 Å². The average molecular weight is 365 g/mol. The third-order valence-electron chi connectivity index (χ3n) is 3.65. The Balaban J connectivity index is 1.97. The smallest absolute Gasteiger partial charge is 0.317 e. The van der Waals surface area contributed by atoms with Crippen LogP contribution in [0.4, 0.5) is 5.82 Å². The lowest BCUT2D eigenvalue weighted by molar-refractivity contribution is -0.152. The third kappa shape index (κ3) is 4.60. The van der Waals surface area contributed by atoms with Gasteiger partial charge in [0.05, 0.1) is 5.69 Å². The van der Waals surface area contributed by atoms with Crippen LogP contribution in [0.5, 0.6) is 0 Å². The summed E-state index contributed by atoms with van der Waals surface area (Å²) in [4.78, 5) is 38.3. The standard InChI is InChI=1S/C18H15N5O4/c19-16-4-15(22-10-23-16)14-2-1-11(13-6-20-9-21-7-13)3-12(14)8-27-18(26)5-17(24)25/h1-4,6-7,9-10H,5,8H2,(H,24,25)(H2,19,22,23). The number of nitrogens with zero attached hydrogens (tertiary/aromatic N) is 4. The first-order chi connectivity index (χ1) is 13.0. The van der Waals surface area contributed by atoms with Crippen molar-refractivity contribution in [2.24, 2.45) is 0 Å². The molecule has 0 amide bonds. The van der Waals surface area contributed by atoms with E-state index in [4.69, 9.17) is 15.6 Å². The van der Waals surface area contributed by atoms with Gasteiger partial charge in [-0.3, -0.25) is 9.59 Å². The highest BCUT2D eigenvalue weighted by Gasteiger charge is 2.14. The molecule has 0 bridgehead atoms. The van der Waals surface area contributed by atoms with E-state index < -0.39 is 18.4 Å². The van der Waals surface area contributed by atoms with Gasteiger partial charge in [0.25, 0.3) is 0 Å². The summed E-state index contributed by atoms with van der Waals surface area (Å²) in [5.74, 6) is -1.78. The lowest BCUT2D eigenvalue weighted by Crippen LogP contribution is -2.11. The Morgan fingerprint density at radius 2 is 1.81 bits per heavy atom. The van der Waals surface area contributed by atoms with Crippen LogP contribution in [-0.4, -0.2) is 37.0 Å². The van der Waals surface area contributed by atoms with E-state index in [2.05, 4.69) is 19.9 Å². The first kappa shape index (κ1) is 17.9. The molecular weight excluding hydrogens is 350 g/mol. The molecule has 0 saturated heterocycles. The van der Waals surface area contributed by atoms with Gasteiger partial charge in [0.15, 0.2) is 0 Å². The minimum absolute atomic E-state index is 0.118. The van der Waals surface area contributed by atoms with Crippen molar-refractivity contribution >= 4 is 17.8 Å². The summed E-state index contributed by atoms with van der Waals surface area (Å²) in [5.41, 5.74) is 9.20. The molecular formula is C18H15N5O4. The number of carboxylic acid groups (broad SMARTS) is 1. The van der Waals surface area contributed by atoms with Gasteiger partial charge in [0.1, 0.15) is 31.5 Å². The predicted octanol–water partition coefficient (Wildman–Crippen LogP) is 1.70. The molecule has 27 heavy (non-hydrogen) atoms. The summed E-state index contributed by atoms with van der Waals surface area (Å²) in [7, 11) is 0. The molecule has 3 N–H and O–H groups in total. The Morgan fingerprint density at radius 3 is 2.52 bits per heavy atom. The number of anilines is 1. The maximum Gasteiger partial charge on any atom is 0.317 e. The van der Waals surface area contributed by atoms with Crippen LogP contribution in [0, 0.1) is 0 Å². The fourth-order valence-electron chi connectivity index (χ4n) is 2.44. The zero-order chi connectivity index (χ0) is 19.2. The topological polar surface area (TPSA) is 141 Å². The van der Waals surface area contributed by atoms with E-state index in [0.29, 0.717) is 22.6 Å². The van der Waals surface area contributed by atoms with Crippen LogP contribution in [0.15, 0.2) is 49.3 Å². The third-order valence-corrected chi connectivity index (χ3v) is 3.65. The van der Waals surface area contributed by atoms with Crippen LogP contribution >= 0.6 is 0 Å². The van der Waals surface area contributed by atoms with Gasteiger partial charge < -0.3 is 15.6 Å². The van der Waals surface area contributed by atoms with Crippen LogP contribution in [0.2, 0.25) is 0 Å². The van der Waals surface area contributed by atoms with Crippen LogP contribution in [0.1, 0.15) is 12.0 Å². The summed E-state index contributed by atoms with van der Waals surface area (Å²) in [6.07, 6.45) is 5.37. The maximum atomic E-state index is 11.6. The number of rotatable bonds is 6. The molecule has 0 atom stereocenters. The second-order valence-electron chi connectivity index (χ2n) is 5.56. The van der Waals surface area contributed by atoms with Gasteiger partial charge in [0.2, 0.25) is 0 Å². The Kier molecular flexibility index (Phi) is 5.31. The van der Waals surface area contributed by atoms with Gasteiger partial charge in [-0.05, 0) is 17.2 Å². The minimum atomic E-state index is -1.25. The molecule has 9 nitrogen and oxygen atoms in total. The zero-order valence-electron chi connectivity index (χ0n) is 14.1. The molecule has 2 heterocycles. The highest BCUT2D eigenvalue weighted by molar-refractivity contribution is 5.90. The van der Waals surface area contributed by atoms with Crippen molar-refractivity contribution in [2.75, 3.05) is 5.73 Å².